The van der Waals surface area contributed by atoms with Crippen molar-refractivity contribution in [2.24, 2.45) is 11.7 Å². The molecular weight excluding hydrogens is 262 g/mol. The van der Waals surface area contributed by atoms with E-state index in [2.05, 4.69) is 10.3 Å². The molecule has 6 heteroatoms. The van der Waals surface area contributed by atoms with E-state index in [1.807, 2.05) is 0 Å². The Morgan fingerprint density at radius 1 is 1.42 bits per heavy atom. The first-order chi connectivity index (χ1) is 9.16. The Kier molecular flexibility index (Phi) is 4.90. The van der Waals surface area contributed by atoms with Crippen LogP contribution in [0.4, 0.5) is 0 Å². The van der Waals surface area contributed by atoms with Crippen LogP contribution in [-0.4, -0.2) is 22.8 Å². The number of thiazole rings is 1. The van der Waals surface area contributed by atoms with Gasteiger partial charge in [0, 0.05) is 17.8 Å². The van der Waals surface area contributed by atoms with E-state index in [9.17, 15) is 9.59 Å². The Labute approximate surface area is 116 Å². The Bertz CT molecular complexity index is 427. The molecule has 3 N–H and O–H groups in total. The SMILES string of the molecule is NC(=O)C[C@H](NC(=O)c1cscn1)C1CCCCC1. The fraction of sp³-hybridized carbons (Fsp3) is 0.615. The van der Waals surface area contributed by atoms with E-state index in [0.29, 0.717) is 11.6 Å². The molecule has 0 aliphatic heterocycles. The zero-order valence-corrected chi connectivity index (χ0v) is 11.6. The van der Waals surface area contributed by atoms with Crippen LogP contribution < -0.4 is 11.1 Å². The first-order valence-corrected chi connectivity index (χ1v) is 7.58. The Hall–Kier alpha value is -1.43. The monoisotopic (exact) mass is 281 g/mol. The lowest BCUT2D eigenvalue weighted by molar-refractivity contribution is -0.118. The quantitative estimate of drug-likeness (QED) is 0.861. The zero-order chi connectivity index (χ0) is 13.7. The first kappa shape index (κ1) is 14.0. The molecule has 0 aromatic carbocycles. The van der Waals surface area contributed by atoms with Crippen molar-refractivity contribution in [1.29, 1.82) is 0 Å². The third kappa shape index (κ3) is 4.02. The second-order valence-electron chi connectivity index (χ2n) is 5.02. The summed E-state index contributed by atoms with van der Waals surface area (Å²) in [5.41, 5.74) is 7.33. The number of carbonyl (C=O) groups is 2. The van der Waals surface area contributed by atoms with E-state index >= 15 is 0 Å². The summed E-state index contributed by atoms with van der Waals surface area (Å²) in [6.07, 6.45) is 5.87. The number of hydrogen-bond donors (Lipinski definition) is 2. The van der Waals surface area contributed by atoms with E-state index in [0.717, 1.165) is 25.7 Å². The third-order valence-corrected chi connectivity index (χ3v) is 4.21. The van der Waals surface area contributed by atoms with Gasteiger partial charge in [-0.2, -0.15) is 0 Å². The Morgan fingerprint density at radius 3 is 2.74 bits per heavy atom. The Balaban J connectivity index is 2.00. The highest BCUT2D eigenvalue weighted by atomic mass is 32.1. The lowest BCUT2D eigenvalue weighted by Gasteiger charge is -2.30. The van der Waals surface area contributed by atoms with Gasteiger partial charge < -0.3 is 11.1 Å². The lowest BCUT2D eigenvalue weighted by atomic mass is 9.82. The van der Waals surface area contributed by atoms with Crippen molar-refractivity contribution in [2.45, 2.75) is 44.6 Å². The van der Waals surface area contributed by atoms with Crippen molar-refractivity contribution >= 4 is 23.2 Å². The maximum absolute atomic E-state index is 12.0. The van der Waals surface area contributed by atoms with Crippen LogP contribution in [0.25, 0.3) is 0 Å². The highest BCUT2D eigenvalue weighted by Crippen LogP contribution is 2.27. The van der Waals surface area contributed by atoms with Gasteiger partial charge >= 0.3 is 0 Å². The van der Waals surface area contributed by atoms with E-state index in [-0.39, 0.29) is 24.3 Å². The average Bonchev–Trinajstić information content (AvgIpc) is 2.92. The van der Waals surface area contributed by atoms with Crippen LogP contribution in [0, 0.1) is 5.92 Å². The summed E-state index contributed by atoms with van der Waals surface area (Å²) >= 11 is 1.38. The standard InChI is InChI=1S/C13H19N3O2S/c14-12(17)6-10(9-4-2-1-3-5-9)16-13(18)11-7-19-8-15-11/h7-10H,1-6H2,(H2,14,17)(H,16,18)/t10-/m0/s1. The molecule has 1 aromatic heterocycles. The fourth-order valence-electron chi connectivity index (χ4n) is 2.66. The van der Waals surface area contributed by atoms with E-state index in [4.69, 9.17) is 5.73 Å². The predicted molar refractivity (Wildman–Crippen MR) is 73.8 cm³/mol. The molecule has 19 heavy (non-hydrogen) atoms. The van der Waals surface area contributed by atoms with Gasteiger partial charge in [0.2, 0.25) is 5.91 Å². The average molecular weight is 281 g/mol. The molecule has 5 nitrogen and oxygen atoms in total. The minimum Gasteiger partial charge on any atom is -0.370 e. The van der Waals surface area contributed by atoms with Crippen LogP contribution in [0.3, 0.4) is 0 Å². The number of rotatable bonds is 5. The van der Waals surface area contributed by atoms with Crippen molar-refractivity contribution in [3.63, 3.8) is 0 Å². The number of carbonyl (C=O) groups excluding carboxylic acids is 2. The number of hydrogen-bond acceptors (Lipinski definition) is 4. The largest absolute Gasteiger partial charge is 0.370 e. The minimum atomic E-state index is -0.367. The molecule has 0 bridgehead atoms. The second-order valence-corrected chi connectivity index (χ2v) is 5.74. The molecule has 0 radical (unpaired) electrons. The van der Waals surface area contributed by atoms with Crippen molar-refractivity contribution in [3.05, 3.63) is 16.6 Å². The minimum absolute atomic E-state index is 0.160. The summed E-state index contributed by atoms with van der Waals surface area (Å²) in [5, 5.41) is 4.63. The van der Waals surface area contributed by atoms with Gasteiger partial charge in [0.1, 0.15) is 5.69 Å². The maximum Gasteiger partial charge on any atom is 0.270 e. The zero-order valence-electron chi connectivity index (χ0n) is 10.8. The van der Waals surface area contributed by atoms with Crippen LogP contribution in [0.5, 0.6) is 0 Å². The van der Waals surface area contributed by atoms with Gasteiger partial charge in [-0.05, 0) is 18.8 Å². The molecule has 0 saturated heterocycles. The molecule has 2 amide bonds. The van der Waals surface area contributed by atoms with E-state index < -0.39 is 0 Å². The highest BCUT2D eigenvalue weighted by molar-refractivity contribution is 7.07. The smallest absolute Gasteiger partial charge is 0.270 e. The van der Waals surface area contributed by atoms with Gasteiger partial charge in [-0.1, -0.05) is 19.3 Å². The van der Waals surface area contributed by atoms with Crippen LogP contribution in [0.1, 0.15) is 49.0 Å². The Morgan fingerprint density at radius 2 is 2.16 bits per heavy atom. The fourth-order valence-corrected chi connectivity index (χ4v) is 3.19. The third-order valence-electron chi connectivity index (χ3n) is 3.62. The molecule has 1 saturated carbocycles. The summed E-state index contributed by atoms with van der Waals surface area (Å²) < 4.78 is 0. The summed E-state index contributed by atoms with van der Waals surface area (Å²) in [4.78, 5) is 27.2. The van der Waals surface area contributed by atoms with Gasteiger partial charge in [-0.15, -0.1) is 11.3 Å². The molecule has 1 aliphatic carbocycles. The molecule has 0 unspecified atom stereocenters. The van der Waals surface area contributed by atoms with Crippen molar-refractivity contribution in [2.75, 3.05) is 0 Å². The van der Waals surface area contributed by atoms with Crippen LogP contribution >= 0.6 is 11.3 Å². The summed E-state index contributed by atoms with van der Waals surface area (Å²) in [5.74, 6) is -0.226. The molecule has 0 spiro atoms. The summed E-state index contributed by atoms with van der Waals surface area (Å²) in [7, 11) is 0. The van der Waals surface area contributed by atoms with Gasteiger partial charge in [0.25, 0.3) is 5.91 Å². The van der Waals surface area contributed by atoms with Crippen LogP contribution in [0.2, 0.25) is 0 Å². The molecule has 1 aliphatic rings. The van der Waals surface area contributed by atoms with Gasteiger partial charge in [0.05, 0.1) is 5.51 Å². The highest BCUT2D eigenvalue weighted by Gasteiger charge is 2.27. The predicted octanol–water partition coefficient (Wildman–Crippen LogP) is 1.70. The van der Waals surface area contributed by atoms with Crippen molar-refractivity contribution in [3.8, 4) is 0 Å². The number of nitrogens with two attached hydrogens (primary N) is 1. The van der Waals surface area contributed by atoms with Crippen LogP contribution in [-0.2, 0) is 4.79 Å². The van der Waals surface area contributed by atoms with Gasteiger partial charge in [0.15, 0.2) is 0 Å². The summed E-state index contributed by atoms with van der Waals surface area (Å²) in [6.45, 7) is 0. The van der Waals surface area contributed by atoms with Crippen molar-refractivity contribution in [1.82, 2.24) is 10.3 Å². The molecule has 2 rings (SSSR count). The number of nitrogens with zero attached hydrogens (tertiary/aromatic N) is 1. The molecular formula is C13H19N3O2S. The van der Waals surface area contributed by atoms with Crippen molar-refractivity contribution < 1.29 is 9.59 Å². The van der Waals surface area contributed by atoms with E-state index in [1.165, 1.54) is 17.8 Å². The van der Waals surface area contributed by atoms with Gasteiger partial charge in [-0.3, -0.25) is 9.59 Å². The molecule has 104 valence electrons. The molecule has 1 heterocycles. The number of primary amides is 1. The molecule has 1 fully saturated rings. The van der Waals surface area contributed by atoms with Crippen LogP contribution in [0.15, 0.2) is 10.9 Å². The summed E-state index contributed by atoms with van der Waals surface area (Å²) in [6, 6.07) is -0.160. The number of nitrogens with one attached hydrogen (secondary N) is 1. The number of amides is 2. The molecule has 1 aromatic rings. The van der Waals surface area contributed by atoms with Gasteiger partial charge in [-0.25, -0.2) is 4.98 Å². The molecule has 1 atom stereocenters. The lowest BCUT2D eigenvalue weighted by Crippen LogP contribution is -2.43. The normalized spacial score (nSPS) is 17.9. The maximum atomic E-state index is 12.0. The topological polar surface area (TPSA) is 85.1 Å². The number of aromatic nitrogens is 1. The first-order valence-electron chi connectivity index (χ1n) is 6.64. The second kappa shape index (κ2) is 6.65. The van der Waals surface area contributed by atoms with E-state index in [1.54, 1.807) is 10.9 Å².